The predicted octanol–water partition coefficient (Wildman–Crippen LogP) is 7.36. The van der Waals surface area contributed by atoms with E-state index >= 15 is 0 Å². The molecule has 0 amide bonds. The molecule has 4 saturated heterocycles. The summed E-state index contributed by atoms with van der Waals surface area (Å²) in [7, 11) is 0. The van der Waals surface area contributed by atoms with Gasteiger partial charge in [-0.25, -0.2) is 0 Å². The first kappa shape index (κ1) is 63.9. The molecule has 4 aromatic carbocycles. The molecule has 4 aliphatic heterocycles. The minimum absolute atomic E-state index is 0.124. The Morgan fingerprint density at radius 2 is 0.541 bits per heavy atom. The summed E-state index contributed by atoms with van der Waals surface area (Å²) in [5.74, 6) is -7.20. The number of benzene rings is 4. The standard InChI is InChI=1S/C63H74O22/c1-57(50(64)65,28-80-55(70)62(6,38-82-51(66)58(2)30-72-46(73-31-58)42-20-12-8-13-21-42)39-83-52(67)59(3)32-74-47(75-33-59)43-22-14-9-15-23-43)29-81-56(71)63(7,40-84-53(68)60(4)34-76-48(77-35-60)44-24-16-10-17-25-44)41-85-54(69)61(5)36-78-49(79-37-61)45-26-18-11-19-27-45/h8-27,46-49H,28-41H2,1-7H3,(H,64,65). The van der Waals surface area contributed by atoms with E-state index in [0.29, 0.717) is 0 Å². The third-order valence-electron chi connectivity index (χ3n) is 15.3. The number of esters is 6. The topological polar surface area (TPSA) is 269 Å². The average Bonchev–Trinajstić information content (AvgIpc) is 3.72. The SMILES string of the molecule is CC(COC(=O)C(C)(COC(=O)C1(C)COC(c2ccccc2)OC1)COC(=O)C1(C)COC(c2ccccc2)OC1)(COC(=O)C(C)(COC(=O)C1(C)COC(c2ccccc2)OC1)COC(=O)C1(C)COC(c2ccccc2)OC1)C(=O)O. The first-order valence-electron chi connectivity index (χ1n) is 27.8. The number of carboxylic acid groups (broad SMARTS) is 1. The fourth-order valence-corrected chi connectivity index (χ4v) is 9.00. The summed E-state index contributed by atoms with van der Waals surface area (Å²) in [6.07, 6.45) is -3.02. The second kappa shape index (κ2) is 27.0. The molecule has 0 atom stereocenters. The number of carbonyl (C=O) groups excluding carboxylic acids is 6. The van der Waals surface area contributed by atoms with Crippen molar-refractivity contribution in [2.75, 3.05) is 92.5 Å². The highest BCUT2D eigenvalue weighted by molar-refractivity contribution is 5.83. The lowest BCUT2D eigenvalue weighted by Gasteiger charge is -2.38. The molecule has 458 valence electrons. The first-order chi connectivity index (χ1) is 40.4. The largest absolute Gasteiger partial charge is 0.481 e. The smallest absolute Gasteiger partial charge is 0.318 e. The van der Waals surface area contributed by atoms with Crippen LogP contribution >= 0.6 is 0 Å². The molecule has 0 spiro atoms. The molecule has 22 nitrogen and oxygen atoms in total. The highest BCUT2D eigenvalue weighted by Gasteiger charge is 2.51. The zero-order valence-corrected chi connectivity index (χ0v) is 48.8. The van der Waals surface area contributed by atoms with Crippen molar-refractivity contribution in [3.63, 3.8) is 0 Å². The van der Waals surface area contributed by atoms with Gasteiger partial charge >= 0.3 is 41.8 Å². The van der Waals surface area contributed by atoms with E-state index in [2.05, 4.69) is 0 Å². The zero-order valence-electron chi connectivity index (χ0n) is 48.8. The van der Waals surface area contributed by atoms with Crippen molar-refractivity contribution in [2.45, 2.75) is 73.6 Å². The van der Waals surface area contributed by atoms with Crippen LogP contribution in [0.1, 0.15) is 95.9 Å². The predicted molar refractivity (Wildman–Crippen MR) is 294 cm³/mol. The van der Waals surface area contributed by atoms with Crippen LogP contribution in [0.2, 0.25) is 0 Å². The van der Waals surface area contributed by atoms with Crippen molar-refractivity contribution in [1.29, 1.82) is 0 Å². The summed E-state index contributed by atoms with van der Waals surface area (Å²) in [5.41, 5.74) is -8.66. The van der Waals surface area contributed by atoms with Crippen LogP contribution in [-0.4, -0.2) is 139 Å². The summed E-state index contributed by atoms with van der Waals surface area (Å²) in [6.45, 7) is 4.14. The lowest BCUT2D eigenvalue weighted by atomic mass is 9.89. The van der Waals surface area contributed by atoms with Crippen LogP contribution in [0.25, 0.3) is 0 Å². The Hall–Kier alpha value is -7.15. The van der Waals surface area contributed by atoms with Gasteiger partial charge in [0, 0.05) is 22.3 Å². The van der Waals surface area contributed by atoms with Crippen molar-refractivity contribution < 1.29 is 105 Å². The van der Waals surface area contributed by atoms with Crippen LogP contribution in [0.15, 0.2) is 121 Å². The molecule has 22 heteroatoms. The van der Waals surface area contributed by atoms with E-state index in [-0.39, 0.29) is 52.9 Å². The molecule has 0 unspecified atom stereocenters. The molecule has 0 aliphatic carbocycles. The maximum atomic E-state index is 14.4. The Balaban J connectivity index is 0.939. The van der Waals surface area contributed by atoms with Gasteiger partial charge in [0.15, 0.2) is 25.2 Å². The molecule has 0 bridgehead atoms. The molecule has 85 heavy (non-hydrogen) atoms. The number of aliphatic carboxylic acids is 1. The van der Waals surface area contributed by atoms with Crippen LogP contribution in [0, 0.1) is 37.9 Å². The maximum absolute atomic E-state index is 14.4. The number of hydrogen-bond donors (Lipinski definition) is 1. The van der Waals surface area contributed by atoms with Crippen LogP contribution in [0.4, 0.5) is 0 Å². The fourth-order valence-electron chi connectivity index (χ4n) is 9.00. The number of rotatable bonds is 23. The van der Waals surface area contributed by atoms with E-state index in [1.165, 1.54) is 13.8 Å². The molecule has 1 N–H and O–H groups in total. The van der Waals surface area contributed by atoms with E-state index in [4.69, 9.17) is 66.3 Å². The third kappa shape index (κ3) is 15.5. The van der Waals surface area contributed by atoms with E-state index in [0.717, 1.165) is 29.2 Å². The highest BCUT2D eigenvalue weighted by Crippen LogP contribution is 2.39. The maximum Gasteiger partial charge on any atom is 0.318 e. The second-order valence-corrected chi connectivity index (χ2v) is 24.1. The van der Waals surface area contributed by atoms with Crippen molar-refractivity contribution in [3.05, 3.63) is 144 Å². The van der Waals surface area contributed by atoms with E-state index in [9.17, 15) is 38.7 Å². The van der Waals surface area contributed by atoms with Gasteiger partial charge < -0.3 is 71.4 Å². The summed E-state index contributed by atoms with van der Waals surface area (Å²) in [5, 5.41) is 10.7. The minimum atomic E-state index is -2.19. The number of ether oxygens (including phenoxy) is 14. The van der Waals surface area contributed by atoms with Gasteiger partial charge in [-0.15, -0.1) is 0 Å². The lowest BCUT2D eigenvalue weighted by molar-refractivity contribution is -0.240. The Bertz CT molecular complexity index is 2570. The van der Waals surface area contributed by atoms with Crippen molar-refractivity contribution in [3.8, 4) is 0 Å². The molecule has 0 saturated carbocycles. The van der Waals surface area contributed by atoms with Gasteiger partial charge in [0.2, 0.25) is 0 Å². The van der Waals surface area contributed by atoms with Crippen LogP contribution < -0.4 is 0 Å². The van der Waals surface area contributed by atoms with E-state index in [1.54, 1.807) is 27.7 Å². The number of carboxylic acids is 1. The Kier molecular flexibility index (Phi) is 20.3. The van der Waals surface area contributed by atoms with Gasteiger partial charge in [-0.3, -0.25) is 33.6 Å². The monoisotopic (exact) mass is 1180 g/mol. The van der Waals surface area contributed by atoms with E-state index in [1.807, 2.05) is 121 Å². The van der Waals surface area contributed by atoms with Gasteiger partial charge in [0.05, 0.1) is 52.9 Å². The summed E-state index contributed by atoms with van der Waals surface area (Å²) in [4.78, 5) is 97.4. The molecule has 4 aliphatic rings. The number of carbonyl (C=O) groups is 7. The summed E-state index contributed by atoms with van der Waals surface area (Å²) < 4.78 is 81.7. The van der Waals surface area contributed by atoms with Crippen molar-refractivity contribution in [1.82, 2.24) is 0 Å². The quantitative estimate of drug-likeness (QED) is 0.0561. The van der Waals surface area contributed by atoms with Gasteiger partial charge in [-0.2, -0.15) is 0 Å². The van der Waals surface area contributed by atoms with Crippen LogP contribution in [0.3, 0.4) is 0 Å². The van der Waals surface area contributed by atoms with Gasteiger partial charge in [-0.1, -0.05) is 121 Å². The summed E-state index contributed by atoms with van der Waals surface area (Å²) >= 11 is 0. The Morgan fingerprint density at radius 1 is 0.353 bits per heavy atom. The molecular weight excluding hydrogens is 1110 g/mol. The molecule has 4 heterocycles. The van der Waals surface area contributed by atoms with Crippen LogP contribution in [-0.2, 0) is 99.9 Å². The molecular formula is C63H74O22. The van der Waals surface area contributed by atoms with Gasteiger partial charge in [-0.05, 0) is 48.5 Å². The normalized spacial score (nSPS) is 28.1. The molecule has 4 aromatic rings. The van der Waals surface area contributed by atoms with Crippen molar-refractivity contribution in [2.24, 2.45) is 37.9 Å². The Morgan fingerprint density at radius 3 is 0.729 bits per heavy atom. The highest BCUT2D eigenvalue weighted by atomic mass is 16.7. The zero-order chi connectivity index (χ0) is 61.1. The molecule has 4 fully saturated rings. The third-order valence-corrected chi connectivity index (χ3v) is 15.3. The van der Waals surface area contributed by atoms with Gasteiger partial charge in [0.1, 0.15) is 77.5 Å². The number of hydrogen-bond acceptors (Lipinski definition) is 21. The molecule has 8 rings (SSSR count). The Labute approximate surface area is 492 Å². The van der Waals surface area contributed by atoms with E-state index < -0.39 is 144 Å². The average molecular weight is 1180 g/mol. The molecule has 0 radical (unpaired) electrons. The minimum Gasteiger partial charge on any atom is -0.481 e. The fraction of sp³-hybridized carbons (Fsp3) is 0.508. The molecule has 0 aromatic heterocycles. The van der Waals surface area contributed by atoms with Gasteiger partial charge in [0.25, 0.3) is 0 Å². The lowest BCUT2D eigenvalue weighted by Crippen LogP contribution is -2.49. The summed E-state index contributed by atoms with van der Waals surface area (Å²) in [6, 6.07) is 36.4. The first-order valence-corrected chi connectivity index (χ1v) is 27.8. The van der Waals surface area contributed by atoms with Crippen LogP contribution in [0.5, 0.6) is 0 Å². The second-order valence-electron chi connectivity index (χ2n) is 24.1. The van der Waals surface area contributed by atoms with Crippen molar-refractivity contribution >= 4 is 41.8 Å².